The third kappa shape index (κ3) is 4.42. The monoisotopic (exact) mass is 356 g/mol. The Bertz CT molecular complexity index is 596. The summed E-state index contributed by atoms with van der Waals surface area (Å²) in [7, 11) is 0. The Kier molecular flexibility index (Phi) is 6.26. The van der Waals surface area contributed by atoms with Gasteiger partial charge in [-0.15, -0.1) is 0 Å². The molecule has 144 valence electrons. The van der Waals surface area contributed by atoms with Gasteiger partial charge in [0, 0.05) is 11.7 Å². The minimum absolute atomic E-state index is 0.0285. The molecule has 2 N–H and O–H groups in total. The van der Waals surface area contributed by atoms with E-state index in [9.17, 15) is 4.79 Å². The molecular weight excluding hydrogens is 320 g/mol. The first-order chi connectivity index (χ1) is 12.5. The molecule has 2 aliphatic rings. The number of urea groups is 1. The van der Waals surface area contributed by atoms with Crippen molar-refractivity contribution in [2.45, 2.75) is 90.5 Å². The number of amides is 2. The number of carbonyl (C=O) groups is 1. The molecule has 1 aromatic rings. The number of nitrogens with one attached hydrogen (secondary N) is 2. The van der Waals surface area contributed by atoms with Gasteiger partial charge >= 0.3 is 6.03 Å². The first-order valence-corrected chi connectivity index (χ1v) is 10.7. The highest BCUT2D eigenvalue weighted by Crippen LogP contribution is 2.40. The molecule has 0 aromatic heterocycles. The summed E-state index contributed by atoms with van der Waals surface area (Å²) in [6.45, 7) is 8.75. The third-order valence-electron chi connectivity index (χ3n) is 6.49. The topological polar surface area (TPSA) is 41.1 Å². The Labute approximate surface area is 159 Å². The van der Waals surface area contributed by atoms with Crippen molar-refractivity contribution in [2.75, 3.05) is 5.32 Å². The van der Waals surface area contributed by atoms with E-state index in [0.717, 1.165) is 23.9 Å². The SMILES string of the molecule is CC(C)c1cccc(C(C)C)c1NC(=O)NC1CCC2CCCCC2C1. The van der Waals surface area contributed by atoms with Crippen LogP contribution in [0.25, 0.3) is 0 Å². The van der Waals surface area contributed by atoms with Crippen molar-refractivity contribution in [2.24, 2.45) is 11.8 Å². The molecule has 26 heavy (non-hydrogen) atoms. The number of benzene rings is 1. The lowest BCUT2D eigenvalue weighted by atomic mass is 9.69. The maximum atomic E-state index is 12.8. The Morgan fingerprint density at radius 2 is 1.54 bits per heavy atom. The molecule has 0 aliphatic heterocycles. The summed E-state index contributed by atoms with van der Waals surface area (Å²) in [6.07, 6.45) is 9.14. The van der Waals surface area contributed by atoms with Gasteiger partial charge < -0.3 is 10.6 Å². The van der Waals surface area contributed by atoms with Gasteiger partial charge in [0.25, 0.3) is 0 Å². The van der Waals surface area contributed by atoms with Gasteiger partial charge in [0.2, 0.25) is 0 Å². The molecule has 1 aromatic carbocycles. The highest BCUT2D eigenvalue weighted by molar-refractivity contribution is 5.91. The Hall–Kier alpha value is -1.51. The van der Waals surface area contributed by atoms with E-state index >= 15 is 0 Å². The van der Waals surface area contributed by atoms with E-state index in [2.05, 4.69) is 56.5 Å². The molecule has 0 saturated heterocycles. The van der Waals surface area contributed by atoms with Crippen molar-refractivity contribution in [1.82, 2.24) is 5.32 Å². The van der Waals surface area contributed by atoms with Crippen LogP contribution in [0, 0.1) is 11.8 Å². The van der Waals surface area contributed by atoms with Crippen molar-refractivity contribution >= 4 is 11.7 Å². The summed E-state index contributed by atoms with van der Waals surface area (Å²) in [6, 6.07) is 6.69. The fourth-order valence-electron chi connectivity index (χ4n) is 5.03. The number of hydrogen-bond donors (Lipinski definition) is 2. The van der Waals surface area contributed by atoms with Crippen LogP contribution in [0.15, 0.2) is 18.2 Å². The van der Waals surface area contributed by atoms with Gasteiger partial charge in [-0.05, 0) is 54.1 Å². The van der Waals surface area contributed by atoms with Gasteiger partial charge in [-0.2, -0.15) is 0 Å². The second kappa shape index (κ2) is 8.45. The summed E-state index contributed by atoms with van der Waals surface area (Å²) in [5.74, 6) is 2.53. The summed E-state index contributed by atoms with van der Waals surface area (Å²) in [5.41, 5.74) is 3.46. The molecular formula is C23H36N2O. The van der Waals surface area contributed by atoms with Gasteiger partial charge in [0.15, 0.2) is 0 Å². The molecule has 0 spiro atoms. The zero-order valence-corrected chi connectivity index (χ0v) is 17.0. The number of para-hydroxylation sites is 1. The maximum Gasteiger partial charge on any atom is 0.319 e. The second-order valence-corrected chi connectivity index (χ2v) is 9.03. The number of anilines is 1. The Morgan fingerprint density at radius 1 is 0.923 bits per heavy atom. The van der Waals surface area contributed by atoms with E-state index in [-0.39, 0.29) is 6.03 Å². The van der Waals surface area contributed by atoms with E-state index in [1.807, 2.05) is 0 Å². The van der Waals surface area contributed by atoms with Crippen LogP contribution < -0.4 is 10.6 Å². The average Bonchev–Trinajstić information content (AvgIpc) is 2.61. The minimum atomic E-state index is -0.0285. The van der Waals surface area contributed by atoms with Crippen LogP contribution in [0.5, 0.6) is 0 Å². The fourth-order valence-corrected chi connectivity index (χ4v) is 5.03. The number of hydrogen-bond acceptors (Lipinski definition) is 1. The molecule has 3 atom stereocenters. The highest BCUT2D eigenvalue weighted by Gasteiger charge is 2.32. The second-order valence-electron chi connectivity index (χ2n) is 9.03. The normalized spacial score (nSPS) is 25.8. The minimum Gasteiger partial charge on any atom is -0.335 e. The van der Waals surface area contributed by atoms with Crippen LogP contribution in [-0.4, -0.2) is 12.1 Å². The molecule has 3 unspecified atom stereocenters. The third-order valence-corrected chi connectivity index (χ3v) is 6.49. The largest absolute Gasteiger partial charge is 0.335 e. The predicted molar refractivity (Wildman–Crippen MR) is 110 cm³/mol. The van der Waals surface area contributed by atoms with Gasteiger partial charge in [0.1, 0.15) is 0 Å². The first-order valence-electron chi connectivity index (χ1n) is 10.7. The Morgan fingerprint density at radius 3 is 2.15 bits per heavy atom. The van der Waals surface area contributed by atoms with E-state index in [4.69, 9.17) is 0 Å². The molecule has 3 heteroatoms. The van der Waals surface area contributed by atoms with E-state index in [1.54, 1.807) is 0 Å². The molecule has 2 fully saturated rings. The summed E-state index contributed by atoms with van der Waals surface area (Å²) in [4.78, 5) is 12.8. The Balaban J connectivity index is 1.66. The maximum absolute atomic E-state index is 12.8. The van der Waals surface area contributed by atoms with Crippen molar-refractivity contribution in [3.63, 3.8) is 0 Å². The van der Waals surface area contributed by atoms with Crippen LogP contribution in [0.2, 0.25) is 0 Å². The molecule has 0 radical (unpaired) electrons. The molecule has 3 rings (SSSR count). The number of fused-ring (bicyclic) bond motifs is 1. The average molecular weight is 357 g/mol. The van der Waals surface area contributed by atoms with Crippen LogP contribution in [0.4, 0.5) is 10.5 Å². The van der Waals surface area contributed by atoms with Crippen LogP contribution in [0.3, 0.4) is 0 Å². The van der Waals surface area contributed by atoms with Gasteiger partial charge in [-0.3, -0.25) is 0 Å². The number of rotatable bonds is 4. The summed E-state index contributed by atoms with van der Waals surface area (Å²) < 4.78 is 0. The van der Waals surface area contributed by atoms with Gasteiger partial charge in [0.05, 0.1) is 0 Å². The van der Waals surface area contributed by atoms with Crippen LogP contribution in [0.1, 0.15) is 95.6 Å². The fraction of sp³-hybridized carbons (Fsp3) is 0.696. The lowest BCUT2D eigenvalue weighted by molar-refractivity contribution is 0.146. The zero-order valence-electron chi connectivity index (χ0n) is 17.0. The summed E-state index contributed by atoms with van der Waals surface area (Å²) in [5, 5.41) is 6.49. The smallest absolute Gasteiger partial charge is 0.319 e. The predicted octanol–water partition coefficient (Wildman–Crippen LogP) is 6.41. The highest BCUT2D eigenvalue weighted by atomic mass is 16.2. The van der Waals surface area contributed by atoms with E-state index in [0.29, 0.717) is 17.9 Å². The van der Waals surface area contributed by atoms with Crippen molar-refractivity contribution in [3.05, 3.63) is 29.3 Å². The quantitative estimate of drug-likeness (QED) is 0.642. The van der Waals surface area contributed by atoms with Crippen molar-refractivity contribution < 1.29 is 4.79 Å². The lowest BCUT2D eigenvalue weighted by Crippen LogP contribution is -2.43. The lowest BCUT2D eigenvalue weighted by Gasteiger charge is -2.39. The standard InChI is InChI=1S/C23H36N2O/c1-15(2)20-10-7-11-21(16(3)4)22(20)25-23(26)24-19-13-12-17-8-5-6-9-18(17)14-19/h7,10-11,15-19H,5-6,8-9,12-14H2,1-4H3,(H2,24,25,26). The summed E-state index contributed by atoms with van der Waals surface area (Å²) >= 11 is 0. The van der Waals surface area contributed by atoms with E-state index < -0.39 is 0 Å². The molecule has 2 saturated carbocycles. The van der Waals surface area contributed by atoms with Crippen LogP contribution >= 0.6 is 0 Å². The molecule has 3 nitrogen and oxygen atoms in total. The zero-order chi connectivity index (χ0) is 18.7. The van der Waals surface area contributed by atoms with Crippen LogP contribution in [-0.2, 0) is 0 Å². The van der Waals surface area contributed by atoms with Crippen molar-refractivity contribution in [1.29, 1.82) is 0 Å². The van der Waals surface area contributed by atoms with Crippen molar-refractivity contribution in [3.8, 4) is 0 Å². The molecule has 2 amide bonds. The number of carbonyl (C=O) groups excluding carboxylic acids is 1. The molecule has 0 heterocycles. The van der Waals surface area contributed by atoms with Gasteiger partial charge in [-0.25, -0.2) is 4.79 Å². The molecule has 0 bridgehead atoms. The van der Waals surface area contributed by atoms with Gasteiger partial charge in [-0.1, -0.05) is 71.6 Å². The first kappa shape index (κ1) is 19.3. The molecule has 2 aliphatic carbocycles. The van der Waals surface area contributed by atoms with E-state index in [1.165, 1.54) is 49.7 Å².